The number of rotatable bonds is 11. The molecule has 1 aliphatic rings. The molecule has 3 rings (SSSR count). The van der Waals surface area contributed by atoms with E-state index in [-0.39, 0.29) is 18.6 Å². The van der Waals surface area contributed by atoms with Crippen molar-refractivity contribution in [3.05, 3.63) is 72.3 Å². The summed E-state index contributed by atoms with van der Waals surface area (Å²) >= 11 is 0. The molecular weight excluding hydrogens is 404 g/mol. The van der Waals surface area contributed by atoms with Crippen molar-refractivity contribution in [2.75, 3.05) is 46.6 Å². The van der Waals surface area contributed by atoms with Gasteiger partial charge in [0.05, 0.1) is 20.3 Å². The predicted molar refractivity (Wildman–Crippen MR) is 126 cm³/mol. The molecule has 0 N–H and O–H groups in total. The summed E-state index contributed by atoms with van der Waals surface area (Å²) in [6, 6.07) is 15.8. The van der Waals surface area contributed by atoms with Crippen LogP contribution in [0.5, 0.6) is 11.5 Å². The standard InChI is InChI=1S/C26H34N2O4/c1-4-8-22-11-12-24(25(17-22)30-3)32-20-26(29)28(19-23-9-6-5-7-10-23)21(2)18-27-13-15-31-16-14-27/h4-7,9-12,17,21H,1,8,13-16,18-20H2,2-3H3. The lowest BCUT2D eigenvalue weighted by atomic mass is 10.1. The van der Waals surface area contributed by atoms with E-state index in [1.165, 1.54) is 0 Å². The molecule has 0 spiro atoms. The van der Waals surface area contributed by atoms with E-state index in [1.807, 2.05) is 59.5 Å². The first-order valence-corrected chi connectivity index (χ1v) is 11.1. The molecule has 2 aromatic rings. The van der Waals surface area contributed by atoms with Crippen molar-refractivity contribution in [3.63, 3.8) is 0 Å². The van der Waals surface area contributed by atoms with Crippen LogP contribution in [0.25, 0.3) is 0 Å². The lowest BCUT2D eigenvalue weighted by molar-refractivity contribution is -0.136. The Kier molecular flexibility index (Phi) is 9.13. The van der Waals surface area contributed by atoms with Crippen LogP contribution >= 0.6 is 0 Å². The molecule has 0 aromatic heterocycles. The van der Waals surface area contributed by atoms with E-state index in [9.17, 15) is 4.79 Å². The SMILES string of the molecule is C=CCc1ccc(OCC(=O)N(Cc2ccccc2)C(C)CN2CCOCC2)c(OC)c1. The van der Waals surface area contributed by atoms with Gasteiger partial charge in [0.25, 0.3) is 5.91 Å². The van der Waals surface area contributed by atoms with E-state index in [1.54, 1.807) is 7.11 Å². The van der Waals surface area contributed by atoms with Gasteiger partial charge in [-0.15, -0.1) is 6.58 Å². The minimum atomic E-state index is -0.0492. The normalized spacial score (nSPS) is 15.1. The molecule has 1 heterocycles. The summed E-state index contributed by atoms with van der Waals surface area (Å²) in [4.78, 5) is 17.5. The van der Waals surface area contributed by atoms with Crippen molar-refractivity contribution in [2.45, 2.75) is 25.9 Å². The topological polar surface area (TPSA) is 51.2 Å². The Hall–Kier alpha value is -2.83. The molecule has 1 aliphatic heterocycles. The van der Waals surface area contributed by atoms with Gasteiger partial charge in [-0.2, -0.15) is 0 Å². The molecule has 2 aromatic carbocycles. The zero-order chi connectivity index (χ0) is 22.8. The van der Waals surface area contributed by atoms with Crippen LogP contribution < -0.4 is 9.47 Å². The molecule has 1 amide bonds. The molecule has 172 valence electrons. The van der Waals surface area contributed by atoms with Crippen LogP contribution in [0.1, 0.15) is 18.1 Å². The van der Waals surface area contributed by atoms with Crippen LogP contribution in [0.15, 0.2) is 61.2 Å². The average Bonchev–Trinajstić information content (AvgIpc) is 2.82. The highest BCUT2D eigenvalue weighted by Gasteiger charge is 2.24. The highest BCUT2D eigenvalue weighted by molar-refractivity contribution is 5.78. The number of carbonyl (C=O) groups is 1. The first kappa shape index (κ1) is 23.8. The number of hydrogen-bond acceptors (Lipinski definition) is 5. The molecule has 0 bridgehead atoms. The van der Waals surface area contributed by atoms with E-state index < -0.39 is 0 Å². The fraction of sp³-hybridized carbons (Fsp3) is 0.423. The molecule has 0 aliphatic carbocycles. The highest BCUT2D eigenvalue weighted by Crippen LogP contribution is 2.28. The maximum absolute atomic E-state index is 13.3. The van der Waals surface area contributed by atoms with Gasteiger partial charge in [-0.1, -0.05) is 42.5 Å². The smallest absolute Gasteiger partial charge is 0.261 e. The van der Waals surface area contributed by atoms with Crippen LogP contribution in [-0.4, -0.2) is 68.3 Å². The lowest BCUT2D eigenvalue weighted by Crippen LogP contribution is -2.49. The third-order valence-corrected chi connectivity index (χ3v) is 5.63. The summed E-state index contributed by atoms with van der Waals surface area (Å²) in [5, 5.41) is 0. The number of benzene rings is 2. The van der Waals surface area contributed by atoms with E-state index in [2.05, 4.69) is 18.4 Å². The molecule has 6 heteroatoms. The Morgan fingerprint density at radius 1 is 1.16 bits per heavy atom. The van der Waals surface area contributed by atoms with Crippen molar-refractivity contribution >= 4 is 5.91 Å². The van der Waals surface area contributed by atoms with Crippen LogP contribution in [0.3, 0.4) is 0 Å². The molecule has 32 heavy (non-hydrogen) atoms. The number of methoxy groups -OCH3 is 1. The van der Waals surface area contributed by atoms with Gasteiger partial charge in [0.1, 0.15) is 0 Å². The monoisotopic (exact) mass is 438 g/mol. The van der Waals surface area contributed by atoms with Gasteiger partial charge in [-0.25, -0.2) is 0 Å². The van der Waals surface area contributed by atoms with E-state index in [0.29, 0.717) is 18.0 Å². The van der Waals surface area contributed by atoms with Crippen molar-refractivity contribution in [1.29, 1.82) is 0 Å². The van der Waals surface area contributed by atoms with Gasteiger partial charge in [-0.05, 0) is 36.6 Å². The molecule has 0 saturated carbocycles. The second-order valence-corrected chi connectivity index (χ2v) is 8.04. The Balaban J connectivity index is 1.69. The van der Waals surface area contributed by atoms with Gasteiger partial charge in [0.2, 0.25) is 0 Å². The van der Waals surface area contributed by atoms with Gasteiger partial charge in [0, 0.05) is 32.2 Å². The van der Waals surface area contributed by atoms with Crippen molar-refractivity contribution in [1.82, 2.24) is 9.80 Å². The number of amides is 1. The fourth-order valence-electron chi connectivity index (χ4n) is 3.87. The van der Waals surface area contributed by atoms with Crippen molar-refractivity contribution in [3.8, 4) is 11.5 Å². The Morgan fingerprint density at radius 3 is 2.59 bits per heavy atom. The van der Waals surface area contributed by atoms with Crippen LogP contribution in [-0.2, 0) is 22.5 Å². The summed E-state index contributed by atoms with van der Waals surface area (Å²) in [6.07, 6.45) is 2.59. The molecule has 6 nitrogen and oxygen atoms in total. The third kappa shape index (κ3) is 6.84. The quantitative estimate of drug-likeness (QED) is 0.502. The summed E-state index contributed by atoms with van der Waals surface area (Å²) in [5.74, 6) is 1.13. The van der Waals surface area contributed by atoms with Crippen LogP contribution in [0, 0.1) is 0 Å². The first-order chi connectivity index (χ1) is 15.6. The van der Waals surface area contributed by atoms with E-state index >= 15 is 0 Å². The van der Waals surface area contributed by atoms with Gasteiger partial charge in [0.15, 0.2) is 18.1 Å². The van der Waals surface area contributed by atoms with Gasteiger partial charge in [-0.3, -0.25) is 9.69 Å². The molecular formula is C26H34N2O4. The largest absolute Gasteiger partial charge is 0.493 e. The summed E-state index contributed by atoms with van der Waals surface area (Å²) in [7, 11) is 1.60. The number of carbonyl (C=O) groups excluding carboxylic acids is 1. The van der Waals surface area contributed by atoms with Crippen molar-refractivity contribution in [2.24, 2.45) is 0 Å². The maximum Gasteiger partial charge on any atom is 0.261 e. The summed E-state index contributed by atoms with van der Waals surface area (Å²) < 4.78 is 16.8. The van der Waals surface area contributed by atoms with Gasteiger partial charge < -0.3 is 19.1 Å². The number of allylic oxidation sites excluding steroid dienone is 1. The first-order valence-electron chi connectivity index (χ1n) is 11.1. The summed E-state index contributed by atoms with van der Waals surface area (Å²) in [5.41, 5.74) is 2.18. The number of ether oxygens (including phenoxy) is 3. The lowest BCUT2D eigenvalue weighted by Gasteiger charge is -2.35. The number of nitrogens with zero attached hydrogens (tertiary/aromatic N) is 2. The minimum absolute atomic E-state index is 0.0428. The van der Waals surface area contributed by atoms with Crippen LogP contribution in [0.2, 0.25) is 0 Å². The number of hydrogen-bond donors (Lipinski definition) is 0. The molecule has 1 saturated heterocycles. The molecule has 1 unspecified atom stereocenters. The molecule has 0 radical (unpaired) electrons. The Bertz CT molecular complexity index is 865. The predicted octanol–water partition coefficient (Wildman–Crippen LogP) is 3.55. The Labute approximate surface area is 191 Å². The molecule has 1 fully saturated rings. The fourth-order valence-corrected chi connectivity index (χ4v) is 3.87. The van der Waals surface area contributed by atoms with Gasteiger partial charge >= 0.3 is 0 Å². The van der Waals surface area contributed by atoms with E-state index in [4.69, 9.17) is 14.2 Å². The third-order valence-electron chi connectivity index (χ3n) is 5.63. The molecule has 1 atom stereocenters. The average molecular weight is 439 g/mol. The van der Waals surface area contributed by atoms with Crippen LogP contribution in [0.4, 0.5) is 0 Å². The van der Waals surface area contributed by atoms with Crippen molar-refractivity contribution < 1.29 is 19.0 Å². The van der Waals surface area contributed by atoms with E-state index in [0.717, 1.165) is 50.4 Å². The summed E-state index contributed by atoms with van der Waals surface area (Å²) in [6.45, 7) is 10.4. The second kappa shape index (κ2) is 12.3. The second-order valence-electron chi connectivity index (χ2n) is 8.04. The maximum atomic E-state index is 13.3. The zero-order valence-electron chi connectivity index (χ0n) is 19.2. The Morgan fingerprint density at radius 2 is 1.91 bits per heavy atom. The number of morpholine rings is 1. The zero-order valence-corrected chi connectivity index (χ0v) is 19.2. The minimum Gasteiger partial charge on any atom is -0.493 e. The highest BCUT2D eigenvalue weighted by atomic mass is 16.5.